The number of fused-ring (bicyclic) bond motifs is 1. The Morgan fingerprint density at radius 1 is 1.14 bits per heavy atom. The van der Waals surface area contributed by atoms with Crippen LogP contribution in [0.1, 0.15) is 28.9 Å². The Balaban J connectivity index is 1.24. The number of aromatic nitrogens is 2. The molecule has 36 heavy (non-hydrogen) atoms. The number of hydrogen-bond donors (Lipinski definition) is 4. The maximum atomic E-state index is 12.8. The summed E-state index contributed by atoms with van der Waals surface area (Å²) in [7, 11) is 0. The van der Waals surface area contributed by atoms with Crippen molar-refractivity contribution in [2.24, 2.45) is 0 Å². The number of anilines is 1. The zero-order valence-corrected chi connectivity index (χ0v) is 19.7. The van der Waals surface area contributed by atoms with Gasteiger partial charge in [-0.05, 0) is 43.1 Å². The molecule has 0 spiro atoms. The Bertz CT molecular complexity index is 1260. The van der Waals surface area contributed by atoms with Crippen LogP contribution in [0.3, 0.4) is 0 Å². The van der Waals surface area contributed by atoms with Gasteiger partial charge < -0.3 is 31.2 Å². The van der Waals surface area contributed by atoms with E-state index < -0.39 is 6.10 Å². The average molecular weight is 489 g/mol. The van der Waals surface area contributed by atoms with Crippen molar-refractivity contribution in [3.63, 3.8) is 0 Å². The van der Waals surface area contributed by atoms with Gasteiger partial charge in [0, 0.05) is 24.7 Å². The topological polar surface area (TPSA) is 140 Å². The van der Waals surface area contributed by atoms with Crippen LogP contribution in [0.2, 0.25) is 0 Å². The molecule has 2 aliphatic rings. The molecule has 1 unspecified atom stereocenters. The van der Waals surface area contributed by atoms with E-state index in [1.165, 1.54) is 6.20 Å². The number of rotatable bonds is 6. The minimum atomic E-state index is -0.730. The summed E-state index contributed by atoms with van der Waals surface area (Å²) >= 11 is 0. The lowest BCUT2D eigenvalue weighted by molar-refractivity contribution is -0.130. The molecule has 2 aliphatic heterocycles. The van der Waals surface area contributed by atoms with Crippen LogP contribution in [0.5, 0.6) is 11.5 Å². The fraction of sp³-hybridized carbons (Fsp3) is 0.308. The van der Waals surface area contributed by atoms with Crippen LogP contribution in [0.15, 0.2) is 54.7 Å². The summed E-state index contributed by atoms with van der Waals surface area (Å²) in [6.45, 7) is 2.11. The highest BCUT2D eigenvalue weighted by atomic mass is 16.6. The van der Waals surface area contributed by atoms with Crippen LogP contribution in [0.4, 0.5) is 5.82 Å². The lowest BCUT2D eigenvalue weighted by Crippen LogP contribution is -2.46. The average Bonchev–Trinajstić information content (AvgIpc) is 2.92. The first-order valence-electron chi connectivity index (χ1n) is 12.0. The highest BCUT2D eigenvalue weighted by molar-refractivity contribution is 5.97. The molecule has 0 saturated carbocycles. The van der Waals surface area contributed by atoms with Crippen molar-refractivity contribution in [1.29, 1.82) is 0 Å². The molecule has 2 atom stereocenters. The quantitative estimate of drug-likeness (QED) is 0.411. The molecule has 3 aromatic rings. The first-order chi connectivity index (χ1) is 17.6. The Morgan fingerprint density at radius 3 is 2.83 bits per heavy atom. The highest BCUT2D eigenvalue weighted by Crippen LogP contribution is 2.31. The summed E-state index contributed by atoms with van der Waals surface area (Å²) < 4.78 is 11.4. The predicted molar refractivity (Wildman–Crippen MR) is 133 cm³/mol. The van der Waals surface area contributed by atoms with Gasteiger partial charge in [-0.2, -0.15) is 0 Å². The lowest BCUT2D eigenvalue weighted by Gasteiger charge is -2.25. The second-order valence-electron chi connectivity index (χ2n) is 8.79. The number of nitrogens with one attached hydrogen (secondary N) is 3. The van der Waals surface area contributed by atoms with E-state index in [2.05, 4.69) is 25.9 Å². The van der Waals surface area contributed by atoms with E-state index in [9.17, 15) is 9.59 Å². The number of nitrogen functional groups attached to an aromatic ring is 1. The molecule has 1 aromatic heterocycles. The summed E-state index contributed by atoms with van der Waals surface area (Å²) in [6, 6.07) is 14.8. The standard InChI is InChI=1S/C26H28N6O4/c27-24-23(26(34)31-18-7-4-10-28-13-18)32-19(14-29-24)17-6-3-5-16(11-17)12-30-25(33)22-15-35-20-8-1-2-9-21(20)36-22/h1-3,5-6,8-9,11,14,18,22,28H,4,7,10,12-13,15H2,(H2,27,29)(H,30,33)(H,31,34)/t18-,22?/m0/s1. The van der Waals surface area contributed by atoms with E-state index in [1.54, 1.807) is 12.1 Å². The maximum Gasteiger partial charge on any atom is 0.274 e. The lowest BCUT2D eigenvalue weighted by atomic mass is 10.1. The zero-order valence-electron chi connectivity index (χ0n) is 19.7. The van der Waals surface area contributed by atoms with Gasteiger partial charge in [-0.15, -0.1) is 0 Å². The van der Waals surface area contributed by atoms with Gasteiger partial charge in [0.1, 0.15) is 6.61 Å². The Kier molecular flexibility index (Phi) is 6.94. The third kappa shape index (κ3) is 5.38. The van der Waals surface area contributed by atoms with Crippen molar-refractivity contribution < 1.29 is 19.1 Å². The van der Waals surface area contributed by atoms with Crippen LogP contribution in [0.25, 0.3) is 11.3 Å². The number of carbonyl (C=O) groups excluding carboxylic acids is 2. The number of benzene rings is 2. The molecule has 0 radical (unpaired) electrons. The number of amides is 2. The van der Waals surface area contributed by atoms with E-state index >= 15 is 0 Å². The normalized spacial score (nSPS) is 18.8. The third-order valence-corrected chi connectivity index (χ3v) is 6.14. The van der Waals surface area contributed by atoms with Crippen LogP contribution >= 0.6 is 0 Å². The number of carbonyl (C=O) groups is 2. The van der Waals surface area contributed by atoms with Crippen molar-refractivity contribution in [2.75, 3.05) is 25.4 Å². The molecule has 2 aromatic carbocycles. The number of hydrogen-bond acceptors (Lipinski definition) is 8. The summed E-state index contributed by atoms with van der Waals surface area (Å²) in [5, 5.41) is 9.14. The van der Waals surface area contributed by atoms with E-state index in [1.807, 2.05) is 36.4 Å². The second kappa shape index (κ2) is 10.6. The van der Waals surface area contributed by atoms with E-state index in [-0.39, 0.29) is 36.0 Å². The molecule has 186 valence electrons. The fourth-order valence-corrected chi connectivity index (χ4v) is 4.23. The summed E-state index contributed by atoms with van der Waals surface area (Å²) in [5.74, 6) is 0.656. The minimum absolute atomic E-state index is 0.0371. The molecule has 0 aliphatic carbocycles. The van der Waals surface area contributed by atoms with Crippen LogP contribution in [-0.2, 0) is 11.3 Å². The summed E-state index contributed by atoms with van der Waals surface area (Å²) in [5.41, 5.74) is 8.20. The van der Waals surface area contributed by atoms with Crippen LogP contribution in [0, 0.1) is 0 Å². The van der Waals surface area contributed by atoms with E-state index in [0.717, 1.165) is 37.1 Å². The highest BCUT2D eigenvalue weighted by Gasteiger charge is 2.27. The number of piperidine rings is 1. The molecule has 1 saturated heterocycles. The van der Waals surface area contributed by atoms with Gasteiger partial charge in [-0.1, -0.05) is 30.3 Å². The van der Waals surface area contributed by atoms with Crippen molar-refractivity contribution >= 4 is 17.6 Å². The third-order valence-electron chi connectivity index (χ3n) is 6.14. The molecular weight excluding hydrogens is 460 g/mol. The van der Waals surface area contributed by atoms with Gasteiger partial charge in [-0.3, -0.25) is 9.59 Å². The Hall–Kier alpha value is -4.18. The van der Waals surface area contributed by atoms with Crippen molar-refractivity contribution in [2.45, 2.75) is 31.5 Å². The number of ether oxygens (including phenoxy) is 2. The van der Waals surface area contributed by atoms with E-state index in [0.29, 0.717) is 23.7 Å². The summed E-state index contributed by atoms with van der Waals surface area (Å²) in [4.78, 5) is 34.1. The smallest absolute Gasteiger partial charge is 0.274 e. The number of nitrogens with two attached hydrogens (primary N) is 1. The molecule has 3 heterocycles. The van der Waals surface area contributed by atoms with Gasteiger partial charge in [0.15, 0.2) is 23.0 Å². The Morgan fingerprint density at radius 2 is 2.00 bits per heavy atom. The molecule has 0 bridgehead atoms. The number of para-hydroxylation sites is 2. The fourth-order valence-electron chi connectivity index (χ4n) is 4.23. The SMILES string of the molecule is Nc1ncc(-c2cccc(CNC(=O)C3COc4ccccc4O3)c2)nc1C(=O)N[C@H]1CCCNC1. The molecule has 1 fully saturated rings. The first-order valence-corrected chi connectivity index (χ1v) is 12.0. The molecular formula is C26H28N6O4. The van der Waals surface area contributed by atoms with Gasteiger partial charge in [-0.25, -0.2) is 9.97 Å². The van der Waals surface area contributed by atoms with Gasteiger partial charge in [0.25, 0.3) is 11.8 Å². The van der Waals surface area contributed by atoms with Crippen molar-refractivity contribution in [3.8, 4) is 22.8 Å². The first kappa shape index (κ1) is 23.6. The van der Waals surface area contributed by atoms with E-state index in [4.69, 9.17) is 15.2 Å². The molecule has 5 rings (SSSR count). The minimum Gasteiger partial charge on any atom is -0.485 e. The van der Waals surface area contributed by atoms with Crippen LogP contribution in [-0.4, -0.2) is 53.6 Å². The Labute approximate surface area is 208 Å². The van der Waals surface area contributed by atoms with Crippen LogP contribution < -0.4 is 31.2 Å². The molecule has 2 amide bonds. The van der Waals surface area contributed by atoms with Crippen molar-refractivity contribution in [3.05, 3.63) is 66.0 Å². The number of nitrogens with zero attached hydrogens (tertiary/aromatic N) is 2. The van der Waals surface area contributed by atoms with Crippen molar-refractivity contribution in [1.82, 2.24) is 25.9 Å². The predicted octanol–water partition coefficient (Wildman–Crippen LogP) is 1.66. The second-order valence-corrected chi connectivity index (χ2v) is 8.79. The maximum absolute atomic E-state index is 12.8. The largest absolute Gasteiger partial charge is 0.485 e. The van der Waals surface area contributed by atoms with Gasteiger partial charge in [0.2, 0.25) is 6.10 Å². The zero-order chi connectivity index (χ0) is 24.9. The molecule has 5 N–H and O–H groups in total. The van der Waals surface area contributed by atoms with Gasteiger partial charge >= 0.3 is 0 Å². The van der Waals surface area contributed by atoms with Gasteiger partial charge in [0.05, 0.1) is 11.9 Å². The monoisotopic (exact) mass is 488 g/mol. The summed E-state index contributed by atoms with van der Waals surface area (Å²) in [6.07, 6.45) is 2.72. The molecule has 10 heteroatoms. The molecule has 10 nitrogen and oxygen atoms in total.